The first kappa shape index (κ1) is 18.4. The zero-order chi connectivity index (χ0) is 19.7. The lowest BCUT2D eigenvalue weighted by Crippen LogP contribution is -2.30. The number of pyridine rings is 1. The molecular formula is C21H23N5OS. The van der Waals surface area contributed by atoms with Crippen molar-refractivity contribution in [3.63, 3.8) is 0 Å². The van der Waals surface area contributed by atoms with Crippen molar-refractivity contribution in [1.82, 2.24) is 24.2 Å². The van der Waals surface area contributed by atoms with E-state index in [9.17, 15) is 4.79 Å². The van der Waals surface area contributed by atoms with Crippen LogP contribution in [0.25, 0.3) is 21.6 Å². The van der Waals surface area contributed by atoms with Gasteiger partial charge in [0.2, 0.25) is 5.91 Å². The van der Waals surface area contributed by atoms with Gasteiger partial charge in [0.1, 0.15) is 12.2 Å². The fourth-order valence-electron chi connectivity index (χ4n) is 3.35. The average molecular weight is 394 g/mol. The maximum Gasteiger partial charge on any atom is 0.242 e. The van der Waals surface area contributed by atoms with Gasteiger partial charge in [0, 0.05) is 43.5 Å². The van der Waals surface area contributed by atoms with E-state index in [2.05, 4.69) is 29.1 Å². The largest absolute Gasteiger partial charge is 0.340 e. The van der Waals surface area contributed by atoms with Crippen LogP contribution in [0.5, 0.6) is 0 Å². The Balaban J connectivity index is 1.61. The van der Waals surface area contributed by atoms with E-state index in [1.165, 1.54) is 0 Å². The van der Waals surface area contributed by atoms with Crippen molar-refractivity contribution in [2.75, 3.05) is 7.05 Å². The van der Waals surface area contributed by atoms with Gasteiger partial charge in [-0.1, -0.05) is 6.07 Å². The smallest absolute Gasteiger partial charge is 0.242 e. The van der Waals surface area contributed by atoms with Gasteiger partial charge in [-0.15, -0.1) is 11.3 Å². The number of likely N-dealkylation sites (N-methyl/N-ethyl adjacent to an activating group) is 1. The molecule has 0 aliphatic heterocycles. The number of thiophene rings is 1. The standard InChI is InChI=1S/C21H23N5OS/c1-4-25-13-17(15(2)23-25)12-24(3)20(27)14-26-18(19-8-6-10-28-19)11-16-7-5-9-22-21(16)26/h5-11,13H,4,12,14H2,1-3H3. The Kier molecular flexibility index (Phi) is 5.00. The van der Waals surface area contributed by atoms with Crippen molar-refractivity contribution < 1.29 is 4.79 Å². The van der Waals surface area contributed by atoms with Crippen LogP contribution >= 0.6 is 11.3 Å². The molecule has 0 saturated carbocycles. The molecule has 4 aromatic rings. The summed E-state index contributed by atoms with van der Waals surface area (Å²) in [5.74, 6) is 0.0459. The lowest BCUT2D eigenvalue weighted by atomic mass is 10.2. The molecule has 0 aliphatic rings. The number of aromatic nitrogens is 4. The third-order valence-corrected chi connectivity index (χ3v) is 5.82. The van der Waals surface area contributed by atoms with Gasteiger partial charge in [0.05, 0.1) is 16.3 Å². The number of hydrogen-bond donors (Lipinski definition) is 0. The molecule has 4 aromatic heterocycles. The summed E-state index contributed by atoms with van der Waals surface area (Å²) >= 11 is 1.67. The van der Waals surface area contributed by atoms with E-state index in [1.807, 2.05) is 53.0 Å². The van der Waals surface area contributed by atoms with Gasteiger partial charge in [0.15, 0.2) is 0 Å². The van der Waals surface area contributed by atoms with Crippen LogP contribution in [0.4, 0.5) is 0 Å². The summed E-state index contributed by atoms with van der Waals surface area (Å²) in [4.78, 5) is 20.4. The summed E-state index contributed by atoms with van der Waals surface area (Å²) in [6.07, 6.45) is 3.79. The second-order valence-electron chi connectivity index (χ2n) is 6.85. The average Bonchev–Trinajstić information content (AvgIpc) is 3.41. The molecule has 0 saturated heterocycles. The quantitative estimate of drug-likeness (QED) is 0.498. The first-order chi connectivity index (χ1) is 13.6. The first-order valence-electron chi connectivity index (χ1n) is 9.32. The second-order valence-corrected chi connectivity index (χ2v) is 7.80. The number of rotatable bonds is 6. The summed E-state index contributed by atoms with van der Waals surface area (Å²) in [6.45, 7) is 5.67. The highest BCUT2D eigenvalue weighted by Crippen LogP contribution is 2.30. The van der Waals surface area contributed by atoms with Gasteiger partial charge in [-0.05, 0) is 43.5 Å². The topological polar surface area (TPSA) is 56.0 Å². The molecule has 0 spiro atoms. The van der Waals surface area contributed by atoms with E-state index in [1.54, 1.807) is 22.4 Å². The van der Waals surface area contributed by atoms with Crippen molar-refractivity contribution >= 4 is 28.3 Å². The molecule has 0 unspecified atom stereocenters. The molecule has 0 aromatic carbocycles. The summed E-state index contributed by atoms with van der Waals surface area (Å²) in [5, 5.41) is 7.56. The Morgan fingerprint density at radius 1 is 1.29 bits per heavy atom. The molecule has 0 N–H and O–H groups in total. The van der Waals surface area contributed by atoms with E-state index >= 15 is 0 Å². The number of hydrogen-bond acceptors (Lipinski definition) is 4. The zero-order valence-corrected chi connectivity index (χ0v) is 17.1. The van der Waals surface area contributed by atoms with Crippen molar-refractivity contribution in [2.24, 2.45) is 0 Å². The van der Waals surface area contributed by atoms with E-state index in [0.29, 0.717) is 6.54 Å². The van der Waals surface area contributed by atoms with Crippen LogP contribution in [0.3, 0.4) is 0 Å². The lowest BCUT2D eigenvalue weighted by Gasteiger charge is -2.18. The van der Waals surface area contributed by atoms with Gasteiger partial charge >= 0.3 is 0 Å². The minimum Gasteiger partial charge on any atom is -0.340 e. The minimum atomic E-state index is 0.0459. The van der Waals surface area contributed by atoms with Gasteiger partial charge < -0.3 is 9.47 Å². The van der Waals surface area contributed by atoms with Gasteiger partial charge in [-0.25, -0.2) is 4.98 Å². The zero-order valence-electron chi connectivity index (χ0n) is 16.3. The molecule has 0 aliphatic carbocycles. The molecule has 1 amide bonds. The third kappa shape index (κ3) is 3.45. The third-order valence-electron chi connectivity index (χ3n) is 4.93. The van der Waals surface area contributed by atoms with Crippen molar-refractivity contribution in [2.45, 2.75) is 33.5 Å². The normalized spacial score (nSPS) is 11.2. The Bertz CT molecular complexity index is 1110. The number of carbonyl (C=O) groups is 1. The molecule has 0 fully saturated rings. The second kappa shape index (κ2) is 7.59. The van der Waals surface area contributed by atoms with Crippen LogP contribution in [0, 0.1) is 6.92 Å². The van der Waals surface area contributed by atoms with Gasteiger partial charge in [0.25, 0.3) is 0 Å². The summed E-state index contributed by atoms with van der Waals surface area (Å²) in [6, 6.07) is 10.2. The van der Waals surface area contributed by atoms with E-state index < -0.39 is 0 Å². The molecule has 7 heteroatoms. The highest BCUT2D eigenvalue weighted by molar-refractivity contribution is 7.13. The molecular weight excluding hydrogens is 370 g/mol. The van der Waals surface area contributed by atoms with Crippen LogP contribution in [0.15, 0.2) is 48.1 Å². The maximum absolute atomic E-state index is 13.0. The SMILES string of the molecule is CCn1cc(CN(C)C(=O)Cn2c(-c3cccs3)cc3cccnc32)c(C)n1. The fraction of sp³-hybridized carbons (Fsp3) is 0.286. The number of amides is 1. The maximum atomic E-state index is 13.0. The van der Waals surface area contributed by atoms with Gasteiger partial charge in [-0.2, -0.15) is 5.10 Å². The van der Waals surface area contributed by atoms with Crippen LogP contribution in [-0.2, 0) is 24.4 Å². The summed E-state index contributed by atoms with van der Waals surface area (Å²) < 4.78 is 3.92. The van der Waals surface area contributed by atoms with Crippen molar-refractivity contribution in [3.8, 4) is 10.6 Å². The van der Waals surface area contributed by atoms with Crippen molar-refractivity contribution in [1.29, 1.82) is 0 Å². The highest BCUT2D eigenvalue weighted by atomic mass is 32.1. The highest BCUT2D eigenvalue weighted by Gasteiger charge is 2.18. The van der Waals surface area contributed by atoms with Crippen LogP contribution in [0.2, 0.25) is 0 Å². The molecule has 0 radical (unpaired) electrons. The monoisotopic (exact) mass is 393 g/mol. The van der Waals surface area contributed by atoms with Crippen LogP contribution in [-0.4, -0.2) is 37.2 Å². The molecule has 6 nitrogen and oxygen atoms in total. The summed E-state index contributed by atoms with van der Waals surface area (Å²) in [5.41, 5.74) is 3.91. The Hall–Kier alpha value is -2.93. The lowest BCUT2D eigenvalue weighted by molar-refractivity contribution is -0.130. The molecule has 4 heterocycles. The minimum absolute atomic E-state index is 0.0459. The van der Waals surface area contributed by atoms with Gasteiger partial charge in [-0.3, -0.25) is 9.48 Å². The van der Waals surface area contributed by atoms with Crippen molar-refractivity contribution in [3.05, 3.63) is 59.4 Å². The number of fused-ring (bicyclic) bond motifs is 1. The molecule has 144 valence electrons. The summed E-state index contributed by atoms with van der Waals surface area (Å²) in [7, 11) is 1.84. The van der Waals surface area contributed by atoms with Crippen LogP contribution < -0.4 is 0 Å². The van der Waals surface area contributed by atoms with E-state index in [0.717, 1.165) is 39.4 Å². The van der Waals surface area contributed by atoms with Crippen LogP contribution in [0.1, 0.15) is 18.2 Å². The first-order valence-corrected chi connectivity index (χ1v) is 10.2. The number of aryl methyl sites for hydroxylation is 2. The number of nitrogens with zero attached hydrogens (tertiary/aromatic N) is 5. The molecule has 0 bridgehead atoms. The Morgan fingerprint density at radius 3 is 2.86 bits per heavy atom. The number of carbonyl (C=O) groups excluding carboxylic acids is 1. The Morgan fingerprint density at radius 2 is 2.14 bits per heavy atom. The Labute approximate surface area is 168 Å². The van der Waals surface area contributed by atoms with E-state index in [-0.39, 0.29) is 12.5 Å². The van der Waals surface area contributed by atoms with E-state index in [4.69, 9.17) is 0 Å². The predicted molar refractivity (Wildman–Crippen MR) is 112 cm³/mol. The fourth-order valence-corrected chi connectivity index (χ4v) is 4.10. The molecule has 4 rings (SSSR count). The predicted octanol–water partition coefficient (Wildman–Crippen LogP) is 3.95. The molecule has 0 atom stereocenters. The molecule has 28 heavy (non-hydrogen) atoms.